The molecule has 2 heterocycles. The van der Waals surface area contributed by atoms with E-state index < -0.39 is 0 Å². The van der Waals surface area contributed by atoms with Crippen LogP contribution < -0.4 is 5.32 Å². The van der Waals surface area contributed by atoms with Gasteiger partial charge in [-0.05, 0) is 34.2 Å². The van der Waals surface area contributed by atoms with Crippen molar-refractivity contribution in [1.82, 2.24) is 10.2 Å². The summed E-state index contributed by atoms with van der Waals surface area (Å²) >= 11 is 1.81. The zero-order chi connectivity index (χ0) is 13.8. The molecular formula is C16H28N2S. The fourth-order valence-electron chi connectivity index (χ4n) is 2.93. The van der Waals surface area contributed by atoms with Gasteiger partial charge in [-0.2, -0.15) is 11.3 Å². The molecular weight excluding hydrogens is 252 g/mol. The molecule has 0 spiro atoms. The van der Waals surface area contributed by atoms with E-state index in [4.69, 9.17) is 0 Å². The lowest BCUT2D eigenvalue weighted by Gasteiger charge is -2.44. The molecule has 0 aliphatic carbocycles. The maximum Gasteiger partial charge on any atom is 0.0250 e. The first kappa shape index (κ1) is 15.0. The van der Waals surface area contributed by atoms with Crippen molar-refractivity contribution in [2.24, 2.45) is 11.8 Å². The van der Waals surface area contributed by atoms with Crippen LogP contribution in [0.1, 0.15) is 39.7 Å². The maximum atomic E-state index is 3.75. The van der Waals surface area contributed by atoms with E-state index in [1.165, 1.54) is 18.5 Å². The minimum atomic E-state index is 0.638. The zero-order valence-electron chi connectivity index (χ0n) is 12.7. The number of piperazine rings is 1. The molecule has 0 amide bonds. The average Bonchev–Trinajstić information content (AvgIpc) is 2.90. The minimum absolute atomic E-state index is 0.638. The lowest BCUT2D eigenvalue weighted by molar-refractivity contribution is 0.0723. The molecule has 0 radical (unpaired) electrons. The van der Waals surface area contributed by atoms with Crippen LogP contribution in [0.5, 0.6) is 0 Å². The van der Waals surface area contributed by atoms with Gasteiger partial charge in [0, 0.05) is 31.7 Å². The third kappa shape index (κ3) is 3.80. The van der Waals surface area contributed by atoms with Crippen molar-refractivity contribution in [3.8, 4) is 0 Å². The first-order chi connectivity index (χ1) is 9.11. The van der Waals surface area contributed by atoms with Gasteiger partial charge in [-0.15, -0.1) is 0 Å². The van der Waals surface area contributed by atoms with E-state index in [0.717, 1.165) is 19.0 Å². The monoisotopic (exact) mass is 280 g/mol. The molecule has 1 fully saturated rings. The van der Waals surface area contributed by atoms with Crippen LogP contribution in [0.4, 0.5) is 0 Å². The molecule has 0 saturated carbocycles. The Balaban J connectivity index is 2.06. The van der Waals surface area contributed by atoms with Gasteiger partial charge in [0.15, 0.2) is 0 Å². The molecule has 3 heteroatoms. The van der Waals surface area contributed by atoms with Crippen molar-refractivity contribution in [2.45, 2.75) is 52.7 Å². The van der Waals surface area contributed by atoms with E-state index in [0.29, 0.717) is 18.0 Å². The highest BCUT2D eigenvalue weighted by Gasteiger charge is 2.31. The summed E-state index contributed by atoms with van der Waals surface area (Å²) in [5.41, 5.74) is 1.47. The van der Waals surface area contributed by atoms with Crippen LogP contribution in [0.3, 0.4) is 0 Å². The van der Waals surface area contributed by atoms with E-state index in [1.54, 1.807) is 0 Å². The Labute approximate surface area is 122 Å². The third-order valence-electron chi connectivity index (χ3n) is 4.56. The lowest BCUT2D eigenvalue weighted by Crippen LogP contribution is -2.59. The zero-order valence-corrected chi connectivity index (χ0v) is 13.5. The molecule has 108 valence electrons. The molecule has 1 aromatic rings. The number of rotatable bonds is 5. The summed E-state index contributed by atoms with van der Waals surface area (Å²) in [6.07, 6.45) is 1.26. The smallest absolute Gasteiger partial charge is 0.0250 e. The fourth-order valence-corrected chi connectivity index (χ4v) is 3.59. The third-order valence-corrected chi connectivity index (χ3v) is 5.29. The molecule has 2 nitrogen and oxygen atoms in total. The van der Waals surface area contributed by atoms with E-state index >= 15 is 0 Å². The topological polar surface area (TPSA) is 15.3 Å². The Bertz CT molecular complexity index is 361. The first-order valence-electron chi connectivity index (χ1n) is 7.60. The van der Waals surface area contributed by atoms with Gasteiger partial charge in [0.25, 0.3) is 0 Å². The Kier molecular flexibility index (Phi) is 5.43. The number of hydrogen-bond donors (Lipinski definition) is 1. The molecule has 1 saturated heterocycles. The van der Waals surface area contributed by atoms with Crippen molar-refractivity contribution in [3.05, 3.63) is 22.4 Å². The number of nitrogens with zero attached hydrogens (tertiary/aromatic N) is 1. The van der Waals surface area contributed by atoms with Gasteiger partial charge in [-0.1, -0.05) is 34.1 Å². The largest absolute Gasteiger partial charge is 0.311 e. The lowest BCUT2D eigenvalue weighted by atomic mass is 9.91. The second kappa shape index (κ2) is 6.87. The number of nitrogens with one attached hydrogen (secondary N) is 1. The van der Waals surface area contributed by atoms with Crippen LogP contribution in [-0.2, 0) is 6.54 Å². The quantitative estimate of drug-likeness (QED) is 0.886. The first-order valence-corrected chi connectivity index (χ1v) is 8.54. The van der Waals surface area contributed by atoms with Crippen molar-refractivity contribution >= 4 is 11.3 Å². The van der Waals surface area contributed by atoms with Gasteiger partial charge >= 0.3 is 0 Å². The van der Waals surface area contributed by atoms with Crippen molar-refractivity contribution in [2.75, 3.05) is 13.1 Å². The molecule has 1 aromatic heterocycles. The maximum absolute atomic E-state index is 3.75. The summed E-state index contributed by atoms with van der Waals surface area (Å²) in [4.78, 5) is 2.71. The van der Waals surface area contributed by atoms with Gasteiger partial charge in [0.05, 0.1) is 0 Å². The van der Waals surface area contributed by atoms with Gasteiger partial charge in [0.2, 0.25) is 0 Å². The van der Waals surface area contributed by atoms with Crippen LogP contribution in [0, 0.1) is 11.8 Å². The van der Waals surface area contributed by atoms with Crippen LogP contribution >= 0.6 is 11.3 Å². The molecule has 1 N–H and O–H groups in total. The second-order valence-electron chi connectivity index (χ2n) is 6.27. The molecule has 3 atom stereocenters. The summed E-state index contributed by atoms with van der Waals surface area (Å²) in [7, 11) is 0. The van der Waals surface area contributed by atoms with Gasteiger partial charge < -0.3 is 5.32 Å². The molecule has 2 rings (SSSR count). The van der Waals surface area contributed by atoms with Gasteiger partial charge in [0.1, 0.15) is 0 Å². The average molecular weight is 280 g/mol. The van der Waals surface area contributed by atoms with Crippen LogP contribution in [0.15, 0.2) is 16.8 Å². The predicted molar refractivity (Wildman–Crippen MR) is 84.6 cm³/mol. The van der Waals surface area contributed by atoms with Crippen molar-refractivity contribution < 1.29 is 0 Å². The summed E-state index contributed by atoms with van der Waals surface area (Å²) < 4.78 is 0. The molecule has 1 aliphatic heterocycles. The molecule has 3 unspecified atom stereocenters. The van der Waals surface area contributed by atoms with E-state index in [-0.39, 0.29) is 0 Å². The Morgan fingerprint density at radius 2 is 2.21 bits per heavy atom. The molecule has 1 aliphatic rings. The summed E-state index contributed by atoms with van der Waals surface area (Å²) in [5.74, 6) is 1.47. The Morgan fingerprint density at radius 1 is 1.42 bits per heavy atom. The van der Waals surface area contributed by atoms with Crippen molar-refractivity contribution in [1.29, 1.82) is 0 Å². The molecule has 0 aromatic carbocycles. The van der Waals surface area contributed by atoms with Gasteiger partial charge in [-0.3, -0.25) is 4.90 Å². The normalized spacial score (nSPS) is 26.8. The highest BCUT2D eigenvalue weighted by Crippen LogP contribution is 2.23. The molecule has 0 bridgehead atoms. The number of thiophene rings is 1. The van der Waals surface area contributed by atoms with Crippen LogP contribution in [-0.4, -0.2) is 30.1 Å². The minimum Gasteiger partial charge on any atom is -0.311 e. The second-order valence-corrected chi connectivity index (χ2v) is 7.05. The summed E-state index contributed by atoms with van der Waals surface area (Å²) in [5, 5.41) is 8.24. The standard InChI is InChI=1S/C16H28N2S/c1-5-13(4)16-8-17-15(12(2)3)10-18(16)9-14-6-7-19-11-14/h6-7,11-13,15-17H,5,8-10H2,1-4H3. The fraction of sp³-hybridized carbons (Fsp3) is 0.750. The summed E-state index contributed by atoms with van der Waals surface area (Å²) in [6, 6.07) is 3.59. The van der Waals surface area contributed by atoms with Crippen LogP contribution in [0.25, 0.3) is 0 Å². The van der Waals surface area contributed by atoms with E-state index in [9.17, 15) is 0 Å². The van der Waals surface area contributed by atoms with Crippen LogP contribution in [0.2, 0.25) is 0 Å². The predicted octanol–water partition coefficient (Wildman–Crippen LogP) is 3.59. The molecule has 19 heavy (non-hydrogen) atoms. The Morgan fingerprint density at radius 3 is 2.79 bits per heavy atom. The summed E-state index contributed by atoms with van der Waals surface area (Å²) in [6.45, 7) is 12.8. The Hall–Kier alpha value is -0.380. The van der Waals surface area contributed by atoms with Crippen molar-refractivity contribution in [3.63, 3.8) is 0 Å². The SMILES string of the molecule is CCC(C)C1CNC(C(C)C)CN1Cc1ccsc1. The highest BCUT2D eigenvalue weighted by molar-refractivity contribution is 7.07. The van der Waals surface area contributed by atoms with Gasteiger partial charge in [-0.25, -0.2) is 0 Å². The highest BCUT2D eigenvalue weighted by atomic mass is 32.1. The van der Waals surface area contributed by atoms with E-state index in [2.05, 4.69) is 54.7 Å². The number of hydrogen-bond acceptors (Lipinski definition) is 3. The van der Waals surface area contributed by atoms with E-state index in [1.807, 2.05) is 11.3 Å².